The Morgan fingerprint density at radius 1 is 0.611 bits per heavy atom. The topological polar surface area (TPSA) is 0 Å². The molecule has 1 heteroatoms. The number of rotatable bonds is 12. The summed E-state index contributed by atoms with van der Waals surface area (Å²) >= 11 is 0. The van der Waals surface area contributed by atoms with Gasteiger partial charge >= 0.3 is 0 Å². The van der Waals surface area contributed by atoms with Crippen LogP contribution in [0.4, 0.5) is 0 Å². The molecule has 1 unspecified atom stereocenters. The number of hydrogen-bond acceptors (Lipinski definition) is 0. The Labute approximate surface area is 117 Å². The first-order valence-corrected chi connectivity index (χ1v) is 8.33. The van der Waals surface area contributed by atoms with Crippen LogP contribution in [0.1, 0.15) is 84.5 Å². The third-order valence-corrected chi connectivity index (χ3v) is 4.13. The molecule has 0 amide bonds. The van der Waals surface area contributed by atoms with Gasteiger partial charge in [0, 0.05) is 0 Å². The van der Waals surface area contributed by atoms with Crippen LogP contribution in [0.2, 0.25) is 0 Å². The molecule has 0 aliphatic carbocycles. The summed E-state index contributed by atoms with van der Waals surface area (Å²) in [4.78, 5) is 0. The fourth-order valence-electron chi connectivity index (χ4n) is 2.71. The maximum atomic E-state index is 2.37. The van der Waals surface area contributed by atoms with Crippen molar-refractivity contribution in [1.82, 2.24) is 0 Å². The second-order valence-electron chi connectivity index (χ2n) is 6.82. The zero-order valence-electron chi connectivity index (χ0n) is 13.8. The maximum absolute atomic E-state index is 2.37. The first kappa shape index (κ1) is 18.0. The minimum Gasteiger partial charge on any atom is -0.328 e. The van der Waals surface area contributed by atoms with E-state index >= 15 is 0 Å². The Morgan fingerprint density at radius 2 is 1.00 bits per heavy atom. The minimum absolute atomic E-state index is 0.878. The standard InChI is InChI=1S/C17H38N/c1-6-8-10-12-14-16-17(18(3,4)5)15-13-11-9-7-2/h17H,6-16H2,1-5H3/q+1. The molecule has 1 nitrogen and oxygen atoms in total. The van der Waals surface area contributed by atoms with E-state index in [2.05, 4.69) is 35.0 Å². The molecule has 0 saturated carbocycles. The Hall–Kier alpha value is -0.0400. The molecule has 0 fully saturated rings. The van der Waals surface area contributed by atoms with Crippen molar-refractivity contribution in [3.05, 3.63) is 0 Å². The molecule has 0 aliphatic heterocycles. The number of quaternary nitrogens is 1. The zero-order chi connectivity index (χ0) is 13.9. The van der Waals surface area contributed by atoms with E-state index in [9.17, 15) is 0 Å². The average Bonchev–Trinajstić information content (AvgIpc) is 2.30. The molecule has 0 heterocycles. The van der Waals surface area contributed by atoms with Crippen LogP contribution in [0, 0.1) is 0 Å². The van der Waals surface area contributed by atoms with Crippen LogP contribution in [0.15, 0.2) is 0 Å². The van der Waals surface area contributed by atoms with Crippen molar-refractivity contribution in [1.29, 1.82) is 0 Å². The molecular weight excluding hydrogens is 218 g/mol. The third-order valence-electron chi connectivity index (χ3n) is 4.13. The third kappa shape index (κ3) is 9.94. The lowest BCUT2D eigenvalue weighted by atomic mass is 9.98. The van der Waals surface area contributed by atoms with Crippen LogP contribution < -0.4 is 0 Å². The van der Waals surface area contributed by atoms with Gasteiger partial charge < -0.3 is 4.48 Å². The van der Waals surface area contributed by atoms with Crippen molar-refractivity contribution in [3.63, 3.8) is 0 Å². The van der Waals surface area contributed by atoms with Crippen molar-refractivity contribution < 1.29 is 4.48 Å². The van der Waals surface area contributed by atoms with Crippen LogP contribution in [0.25, 0.3) is 0 Å². The average molecular weight is 256 g/mol. The monoisotopic (exact) mass is 256 g/mol. The van der Waals surface area contributed by atoms with Crippen LogP contribution in [-0.2, 0) is 0 Å². The predicted octanol–water partition coefficient (Wildman–Crippen LogP) is 5.39. The van der Waals surface area contributed by atoms with Crippen LogP contribution in [0.3, 0.4) is 0 Å². The van der Waals surface area contributed by atoms with Crippen molar-refractivity contribution in [2.24, 2.45) is 0 Å². The van der Waals surface area contributed by atoms with Gasteiger partial charge in [-0.05, 0) is 25.7 Å². The second kappa shape index (κ2) is 10.8. The summed E-state index contributed by atoms with van der Waals surface area (Å²) in [5.41, 5.74) is 0. The van der Waals surface area contributed by atoms with Gasteiger partial charge in [0.15, 0.2) is 0 Å². The zero-order valence-corrected chi connectivity index (χ0v) is 13.8. The van der Waals surface area contributed by atoms with Gasteiger partial charge in [0.05, 0.1) is 27.2 Å². The smallest absolute Gasteiger partial charge is 0.0884 e. The van der Waals surface area contributed by atoms with Crippen molar-refractivity contribution in [3.8, 4) is 0 Å². The summed E-state index contributed by atoms with van der Waals surface area (Å²) in [5.74, 6) is 0. The highest BCUT2D eigenvalue weighted by Crippen LogP contribution is 2.19. The Kier molecular flexibility index (Phi) is 10.8. The van der Waals surface area contributed by atoms with Crippen LogP contribution in [-0.4, -0.2) is 31.7 Å². The molecular formula is C17H38N+. The first-order valence-electron chi connectivity index (χ1n) is 8.33. The van der Waals surface area contributed by atoms with Crippen molar-refractivity contribution in [2.45, 2.75) is 90.5 Å². The van der Waals surface area contributed by atoms with E-state index in [0.717, 1.165) is 10.5 Å². The lowest BCUT2D eigenvalue weighted by molar-refractivity contribution is -0.896. The van der Waals surface area contributed by atoms with Gasteiger partial charge in [-0.15, -0.1) is 0 Å². The van der Waals surface area contributed by atoms with E-state index in [1.807, 2.05) is 0 Å². The summed E-state index contributed by atoms with van der Waals surface area (Å²) in [5, 5.41) is 0. The molecule has 0 radical (unpaired) electrons. The molecule has 0 N–H and O–H groups in total. The number of hydrogen-bond donors (Lipinski definition) is 0. The first-order chi connectivity index (χ1) is 8.52. The predicted molar refractivity (Wildman–Crippen MR) is 84.0 cm³/mol. The molecule has 0 aromatic carbocycles. The molecule has 0 bridgehead atoms. The number of unbranched alkanes of at least 4 members (excludes halogenated alkanes) is 7. The number of nitrogens with zero attached hydrogens (tertiary/aromatic N) is 1. The van der Waals surface area contributed by atoms with Crippen LogP contribution in [0.5, 0.6) is 0 Å². The summed E-state index contributed by atoms with van der Waals surface area (Å²) in [7, 11) is 7.11. The Morgan fingerprint density at radius 3 is 1.39 bits per heavy atom. The molecule has 0 spiro atoms. The van der Waals surface area contributed by atoms with Crippen LogP contribution >= 0.6 is 0 Å². The second-order valence-corrected chi connectivity index (χ2v) is 6.82. The van der Waals surface area contributed by atoms with E-state index in [1.165, 1.54) is 70.6 Å². The van der Waals surface area contributed by atoms with Gasteiger partial charge in [-0.3, -0.25) is 0 Å². The van der Waals surface area contributed by atoms with Gasteiger partial charge in [0.25, 0.3) is 0 Å². The van der Waals surface area contributed by atoms with Gasteiger partial charge in [-0.25, -0.2) is 0 Å². The lowest BCUT2D eigenvalue weighted by Gasteiger charge is -2.34. The molecule has 0 rings (SSSR count). The Balaban J connectivity index is 3.79. The summed E-state index contributed by atoms with van der Waals surface area (Å²) in [6.07, 6.45) is 15.6. The lowest BCUT2D eigenvalue weighted by Crippen LogP contribution is -2.45. The summed E-state index contributed by atoms with van der Waals surface area (Å²) in [6.45, 7) is 4.59. The highest BCUT2D eigenvalue weighted by atomic mass is 15.3. The fraction of sp³-hybridized carbons (Fsp3) is 1.00. The molecule has 0 saturated heterocycles. The van der Waals surface area contributed by atoms with Crippen molar-refractivity contribution in [2.75, 3.05) is 21.1 Å². The normalized spacial score (nSPS) is 13.8. The SMILES string of the molecule is CCCCCCCC(CCCCCC)[N+](C)(C)C. The van der Waals surface area contributed by atoms with Gasteiger partial charge in [0.1, 0.15) is 0 Å². The molecule has 1 atom stereocenters. The van der Waals surface area contributed by atoms with Gasteiger partial charge in [0.2, 0.25) is 0 Å². The molecule has 0 aromatic heterocycles. The highest BCUT2D eigenvalue weighted by molar-refractivity contribution is 4.60. The molecule has 0 aromatic rings. The molecule has 110 valence electrons. The van der Waals surface area contributed by atoms with Gasteiger partial charge in [-0.2, -0.15) is 0 Å². The van der Waals surface area contributed by atoms with E-state index in [1.54, 1.807) is 0 Å². The Bertz CT molecular complexity index is 169. The fourth-order valence-corrected chi connectivity index (χ4v) is 2.71. The van der Waals surface area contributed by atoms with E-state index in [-0.39, 0.29) is 0 Å². The van der Waals surface area contributed by atoms with E-state index in [0.29, 0.717) is 0 Å². The van der Waals surface area contributed by atoms with Crippen molar-refractivity contribution >= 4 is 0 Å². The summed E-state index contributed by atoms with van der Waals surface area (Å²) < 4.78 is 1.15. The largest absolute Gasteiger partial charge is 0.328 e. The quantitative estimate of drug-likeness (QED) is 0.324. The van der Waals surface area contributed by atoms with Gasteiger partial charge in [-0.1, -0.05) is 58.8 Å². The minimum atomic E-state index is 0.878. The maximum Gasteiger partial charge on any atom is 0.0884 e. The van der Waals surface area contributed by atoms with E-state index < -0.39 is 0 Å². The van der Waals surface area contributed by atoms with E-state index in [4.69, 9.17) is 0 Å². The highest BCUT2D eigenvalue weighted by Gasteiger charge is 2.22. The molecule has 0 aliphatic rings. The summed E-state index contributed by atoms with van der Waals surface area (Å²) in [6, 6.07) is 0.878. The molecule has 18 heavy (non-hydrogen) atoms.